The summed E-state index contributed by atoms with van der Waals surface area (Å²) in [7, 11) is 4.13. The third-order valence-electron chi connectivity index (χ3n) is 5.96. The van der Waals surface area contributed by atoms with Gasteiger partial charge in [0.15, 0.2) is 0 Å². The van der Waals surface area contributed by atoms with Gasteiger partial charge in [-0.05, 0) is 63.3 Å². The molecule has 3 heterocycles. The van der Waals surface area contributed by atoms with Gasteiger partial charge >= 0.3 is 0 Å². The average Bonchev–Trinajstić information content (AvgIpc) is 3.40. The molecule has 2 aromatic heterocycles. The van der Waals surface area contributed by atoms with E-state index in [-0.39, 0.29) is 11.7 Å². The molecule has 0 radical (unpaired) electrons. The Morgan fingerprint density at radius 1 is 1.28 bits per heavy atom. The topological polar surface area (TPSA) is 59.0 Å². The van der Waals surface area contributed by atoms with Crippen LogP contribution in [0.4, 0.5) is 4.39 Å². The normalized spacial score (nSPS) is 15.8. The maximum atomic E-state index is 14.9. The fraction of sp³-hybridized carbons (Fsp3) is 0.333. The number of aromatic amines is 1. The summed E-state index contributed by atoms with van der Waals surface area (Å²) >= 11 is 6.22. The molecule has 4 aromatic rings. The monoisotopic (exact) mass is 453 g/mol. The summed E-state index contributed by atoms with van der Waals surface area (Å²) in [5.74, 6) is 1.55. The summed E-state index contributed by atoms with van der Waals surface area (Å²) in [6.45, 7) is 2.27. The number of halogens is 2. The molecule has 5 rings (SSSR count). The highest BCUT2D eigenvalue weighted by Crippen LogP contribution is 2.36. The van der Waals surface area contributed by atoms with E-state index in [9.17, 15) is 4.39 Å². The molecule has 0 spiro atoms. The molecule has 0 aliphatic carbocycles. The van der Waals surface area contributed by atoms with E-state index >= 15 is 0 Å². The Kier molecular flexibility index (Phi) is 5.61. The Morgan fingerprint density at radius 2 is 2.16 bits per heavy atom. The highest BCUT2D eigenvalue weighted by atomic mass is 35.5. The van der Waals surface area contributed by atoms with Crippen molar-refractivity contribution in [1.82, 2.24) is 24.6 Å². The second-order valence-corrected chi connectivity index (χ2v) is 8.99. The van der Waals surface area contributed by atoms with Crippen LogP contribution >= 0.6 is 11.6 Å². The summed E-state index contributed by atoms with van der Waals surface area (Å²) in [4.78, 5) is 7.05. The zero-order chi connectivity index (χ0) is 22.2. The Morgan fingerprint density at radius 3 is 2.94 bits per heavy atom. The molecule has 0 bridgehead atoms. The van der Waals surface area contributed by atoms with E-state index in [1.54, 1.807) is 12.4 Å². The lowest BCUT2D eigenvalue weighted by atomic mass is 9.96. The largest absolute Gasteiger partial charge is 0.493 e. The molecule has 0 fully saturated rings. The maximum absolute atomic E-state index is 14.9. The van der Waals surface area contributed by atoms with Crippen molar-refractivity contribution in [2.24, 2.45) is 0 Å². The van der Waals surface area contributed by atoms with Crippen molar-refractivity contribution in [2.75, 3.05) is 27.2 Å². The molecule has 1 unspecified atom stereocenters. The fourth-order valence-electron chi connectivity index (χ4n) is 4.40. The van der Waals surface area contributed by atoms with Gasteiger partial charge in [-0.15, -0.1) is 0 Å². The number of aromatic nitrogens is 4. The molecule has 166 valence electrons. The van der Waals surface area contributed by atoms with Gasteiger partial charge in [0.05, 0.1) is 29.8 Å². The summed E-state index contributed by atoms with van der Waals surface area (Å²) in [6, 6.07) is 9.13. The van der Waals surface area contributed by atoms with Gasteiger partial charge in [0.2, 0.25) is 0 Å². The summed E-state index contributed by atoms with van der Waals surface area (Å²) in [5.41, 5.74) is 3.89. The molecule has 6 nitrogen and oxygen atoms in total. The third-order valence-corrected chi connectivity index (χ3v) is 6.19. The first-order valence-corrected chi connectivity index (χ1v) is 11.1. The third kappa shape index (κ3) is 3.98. The minimum Gasteiger partial charge on any atom is -0.493 e. The van der Waals surface area contributed by atoms with Gasteiger partial charge in [-0.2, -0.15) is 5.10 Å². The summed E-state index contributed by atoms with van der Waals surface area (Å²) in [6.07, 6.45) is 5.07. The first-order chi connectivity index (χ1) is 15.5. The fourth-order valence-corrected chi connectivity index (χ4v) is 4.60. The first kappa shape index (κ1) is 21.0. The second-order valence-electron chi connectivity index (χ2n) is 8.55. The molecule has 0 saturated carbocycles. The summed E-state index contributed by atoms with van der Waals surface area (Å²) in [5, 5.41) is 7.43. The van der Waals surface area contributed by atoms with E-state index in [1.807, 2.05) is 24.3 Å². The first-order valence-electron chi connectivity index (χ1n) is 10.7. The molecule has 1 N–H and O–H groups in total. The number of ether oxygens (including phenoxy) is 1. The molecule has 1 aliphatic heterocycles. The van der Waals surface area contributed by atoms with Crippen molar-refractivity contribution in [1.29, 1.82) is 0 Å². The molecule has 0 amide bonds. The molecule has 1 aliphatic rings. The molecule has 1 atom stereocenters. The van der Waals surface area contributed by atoms with Crippen LogP contribution in [0.5, 0.6) is 5.75 Å². The van der Waals surface area contributed by atoms with Crippen molar-refractivity contribution in [3.8, 4) is 16.9 Å². The molecular weight excluding hydrogens is 429 g/mol. The number of H-pyrrole nitrogens is 1. The SMILES string of the molecule is CN(C)CCCn1c(C2COc3ccc(Cl)cc3C2)nc2cc(F)c(-c3cn[nH]c3)cc21. The van der Waals surface area contributed by atoms with Crippen molar-refractivity contribution in [3.63, 3.8) is 0 Å². The van der Waals surface area contributed by atoms with E-state index in [0.717, 1.165) is 54.1 Å². The Bertz CT molecular complexity index is 1250. The van der Waals surface area contributed by atoms with Gasteiger partial charge in [0.1, 0.15) is 17.4 Å². The number of rotatable bonds is 6. The molecular formula is C24H25ClFN5O. The van der Waals surface area contributed by atoms with Gasteiger partial charge in [-0.3, -0.25) is 5.10 Å². The van der Waals surface area contributed by atoms with Crippen LogP contribution in [0.25, 0.3) is 22.2 Å². The van der Waals surface area contributed by atoms with Crippen LogP contribution in [-0.4, -0.2) is 51.9 Å². The van der Waals surface area contributed by atoms with Crippen LogP contribution in [0.2, 0.25) is 5.02 Å². The zero-order valence-electron chi connectivity index (χ0n) is 18.1. The van der Waals surface area contributed by atoms with Crippen LogP contribution in [0, 0.1) is 5.82 Å². The van der Waals surface area contributed by atoms with Crippen LogP contribution in [0.1, 0.15) is 23.7 Å². The Balaban J connectivity index is 1.58. The van der Waals surface area contributed by atoms with Gasteiger partial charge < -0.3 is 14.2 Å². The maximum Gasteiger partial charge on any atom is 0.133 e. The Labute approximate surface area is 191 Å². The minimum atomic E-state index is -0.305. The molecule has 2 aromatic carbocycles. The van der Waals surface area contributed by atoms with E-state index in [1.165, 1.54) is 6.07 Å². The average molecular weight is 454 g/mol. The lowest BCUT2D eigenvalue weighted by Gasteiger charge is -2.26. The van der Waals surface area contributed by atoms with Crippen molar-refractivity contribution in [2.45, 2.75) is 25.3 Å². The van der Waals surface area contributed by atoms with Gasteiger partial charge in [-0.1, -0.05) is 11.6 Å². The predicted octanol–water partition coefficient (Wildman–Crippen LogP) is 4.89. The molecule has 8 heteroatoms. The number of benzene rings is 2. The number of hydrogen-bond donors (Lipinski definition) is 1. The number of imidazole rings is 1. The number of nitrogens with zero attached hydrogens (tertiary/aromatic N) is 4. The van der Waals surface area contributed by atoms with E-state index in [0.29, 0.717) is 22.7 Å². The highest BCUT2D eigenvalue weighted by Gasteiger charge is 2.27. The lowest BCUT2D eigenvalue weighted by molar-refractivity contribution is 0.254. The minimum absolute atomic E-state index is 0.0631. The summed E-state index contributed by atoms with van der Waals surface area (Å²) < 4.78 is 23.2. The van der Waals surface area contributed by atoms with Crippen molar-refractivity contribution in [3.05, 3.63) is 65.0 Å². The van der Waals surface area contributed by atoms with Gasteiger partial charge in [0, 0.05) is 35.0 Å². The number of hydrogen-bond acceptors (Lipinski definition) is 4. The van der Waals surface area contributed by atoms with Gasteiger partial charge in [0.25, 0.3) is 0 Å². The van der Waals surface area contributed by atoms with Crippen LogP contribution < -0.4 is 4.74 Å². The standard InChI is InChI=1S/C24H25ClFN5O/c1-30(2)6-3-7-31-22-10-19(17-12-27-28-13-17)20(26)11-21(22)29-24(31)16-8-15-9-18(25)4-5-23(15)32-14-16/h4-5,9-13,16H,3,6-8,14H2,1-2H3,(H,27,28). The molecule has 0 saturated heterocycles. The second kappa shape index (κ2) is 8.56. The van der Waals surface area contributed by atoms with Crippen LogP contribution in [0.3, 0.4) is 0 Å². The van der Waals surface area contributed by atoms with Crippen LogP contribution in [-0.2, 0) is 13.0 Å². The van der Waals surface area contributed by atoms with Crippen molar-refractivity contribution < 1.29 is 9.13 Å². The van der Waals surface area contributed by atoms with Crippen LogP contribution in [0.15, 0.2) is 42.7 Å². The Hall–Kier alpha value is -2.90. The number of nitrogens with one attached hydrogen (secondary N) is 1. The number of aryl methyl sites for hydroxylation is 1. The van der Waals surface area contributed by atoms with E-state index in [2.05, 4.69) is 33.8 Å². The zero-order valence-corrected chi connectivity index (χ0v) is 18.9. The van der Waals surface area contributed by atoms with E-state index < -0.39 is 0 Å². The van der Waals surface area contributed by atoms with Gasteiger partial charge in [-0.25, -0.2) is 9.37 Å². The van der Waals surface area contributed by atoms with E-state index in [4.69, 9.17) is 21.3 Å². The smallest absolute Gasteiger partial charge is 0.133 e. The lowest BCUT2D eigenvalue weighted by Crippen LogP contribution is -2.23. The highest BCUT2D eigenvalue weighted by molar-refractivity contribution is 6.30. The van der Waals surface area contributed by atoms with Crippen molar-refractivity contribution >= 4 is 22.6 Å². The molecule has 32 heavy (non-hydrogen) atoms. The number of fused-ring (bicyclic) bond motifs is 2. The quantitative estimate of drug-likeness (QED) is 0.451. The predicted molar refractivity (Wildman–Crippen MR) is 124 cm³/mol.